The molecule has 1 aromatic heterocycles. The highest BCUT2D eigenvalue weighted by Gasteiger charge is 2.39. The fourth-order valence-corrected chi connectivity index (χ4v) is 2.48. The molecule has 0 bridgehead atoms. The maximum absolute atomic E-state index is 12.2. The van der Waals surface area contributed by atoms with E-state index in [1.807, 2.05) is 18.2 Å². The Hall–Kier alpha value is -3.74. The molecule has 1 aliphatic rings. The topological polar surface area (TPSA) is 89.7 Å². The Morgan fingerprint density at radius 2 is 1.52 bits per heavy atom. The molecule has 25 heavy (non-hydrogen) atoms. The number of amides is 2. The number of fused-ring (bicyclic) bond motifs is 1. The van der Waals surface area contributed by atoms with E-state index < -0.39 is 17.8 Å². The first kappa shape index (κ1) is 14.8. The summed E-state index contributed by atoms with van der Waals surface area (Å²) in [6.07, 6.45) is 1.37. The van der Waals surface area contributed by atoms with Crippen LogP contribution in [-0.4, -0.2) is 27.8 Å². The van der Waals surface area contributed by atoms with Gasteiger partial charge in [0.05, 0.1) is 17.3 Å². The maximum Gasteiger partial charge on any atom is 0.419 e. The third-order valence-corrected chi connectivity index (χ3v) is 3.67. The van der Waals surface area contributed by atoms with Crippen LogP contribution in [0.4, 0.5) is 0 Å². The summed E-state index contributed by atoms with van der Waals surface area (Å²) in [6.45, 7) is 0. The van der Waals surface area contributed by atoms with Gasteiger partial charge in [0.2, 0.25) is 0 Å². The van der Waals surface area contributed by atoms with E-state index in [4.69, 9.17) is 9.25 Å². The van der Waals surface area contributed by atoms with Gasteiger partial charge in [-0.2, -0.15) is 0 Å². The minimum Gasteiger partial charge on any atom is -0.431 e. The third kappa shape index (κ3) is 2.47. The number of benzene rings is 2. The van der Waals surface area contributed by atoms with Crippen molar-refractivity contribution >= 4 is 17.8 Å². The number of hydrogen-bond donors (Lipinski definition) is 0. The van der Waals surface area contributed by atoms with E-state index in [1.165, 1.54) is 18.3 Å². The molecule has 7 nitrogen and oxygen atoms in total. The molecule has 0 fully saturated rings. The smallest absolute Gasteiger partial charge is 0.419 e. The fraction of sp³-hybridized carbons (Fsp3) is 0. The molecule has 0 aliphatic carbocycles. The number of hydroxylamine groups is 2. The third-order valence-electron chi connectivity index (χ3n) is 3.67. The van der Waals surface area contributed by atoms with E-state index in [0.717, 1.165) is 5.56 Å². The van der Waals surface area contributed by atoms with Gasteiger partial charge in [0.15, 0.2) is 5.76 Å². The fourth-order valence-electron chi connectivity index (χ4n) is 2.48. The van der Waals surface area contributed by atoms with E-state index in [-0.39, 0.29) is 17.0 Å². The predicted molar refractivity (Wildman–Crippen MR) is 84.3 cm³/mol. The maximum atomic E-state index is 12.2. The molecule has 0 saturated carbocycles. The van der Waals surface area contributed by atoms with Crippen LogP contribution in [0.25, 0.3) is 11.3 Å². The van der Waals surface area contributed by atoms with Gasteiger partial charge >= 0.3 is 11.9 Å². The van der Waals surface area contributed by atoms with Crippen molar-refractivity contribution in [2.45, 2.75) is 0 Å². The van der Waals surface area contributed by atoms with Crippen LogP contribution in [0.15, 0.2) is 65.2 Å². The van der Waals surface area contributed by atoms with Crippen LogP contribution in [-0.2, 0) is 4.84 Å². The van der Waals surface area contributed by atoms with Crippen LogP contribution in [0.1, 0.15) is 31.4 Å². The van der Waals surface area contributed by atoms with Crippen molar-refractivity contribution in [3.05, 3.63) is 77.8 Å². The molecule has 4 rings (SSSR count). The lowest BCUT2D eigenvalue weighted by molar-refractivity contribution is -0.0607. The Morgan fingerprint density at radius 3 is 2.16 bits per heavy atom. The highest BCUT2D eigenvalue weighted by molar-refractivity contribution is 6.21. The Bertz CT molecular complexity index is 958. The van der Waals surface area contributed by atoms with Crippen LogP contribution < -0.4 is 0 Å². The highest BCUT2D eigenvalue weighted by atomic mass is 16.7. The molecule has 2 amide bonds. The molecule has 0 saturated heterocycles. The molecule has 0 atom stereocenters. The standard InChI is InChI=1S/C18H10N2O5/c21-16-12-8-4-5-9-13(12)17(22)20(16)25-18(23)15-19-10-14(24-15)11-6-2-1-3-7-11/h1-10H. The summed E-state index contributed by atoms with van der Waals surface area (Å²) in [7, 11) is 0. The minimum atomic E-state index is -1.03. The van der Waals surface area contributed by atoms with E-state index in [0.29, 0.717) is 10.8 Å². The zero-order valence-electron chi connectivity index (χ0n) is 12.7. The van der Waals surface area contributed by atoms with Gasteiger partial charge in [0, 0.05) is 5.56 Å². The summed E-state index contributed by atoms with van der Waals surface area (Å²) >= 11 is 0. The van der Waals surface area contributed by atoms with Crippen LogP contribution in [0.2, 0.25) is 0 Å². The van der Waals surface area contributed by atoms with Gasteiger partial charge in [-0.15, -0.1) is 0 Å². The molecular formula is C18H10N2O5. The number of rotatable bonds is 3. The Labute approximate surface area is 141 Å². The number of hydrogen-bond acceptors (Lipinski definition) is 6. The summed E-state index contributed by atoms with van der Waals surface area (Å²) in [5.41, 5.74) is 1.09. The second-order valence-corrected chi connectivity index (χ2v) is 5.22. The van der Waals surface area contributed by atoms with Gasteiger partial charge in [0.25, 0.3) is 11.8 Å². The van der Waals surface area contributed by atoms with E-state index in [1.54, 1.807) is 24.3 Å². The van der Waals surface area contributed by atoms with Gasteiger partial charge in [-0.05, 0) is 12.1 Å². The first-order valence-electron chi connectivity index (χ1n) is 7.36. The summed E-state index contributed by atoms with van der Waals surface area (Å²) < 4.78 is 5.35. The van der Waals surface area contributed by atoms with Crippen molar-refractivity contribution < 1.29 is 23.6 Å². The lowest BCUT2D eigenvalue weighted by atomic mass is 10.1. The second-order valence-electron chi connectivity index (χ2n) is 5.22. The van der Waals surface area contributed by atoms with Crippen molar-refractivity contribution in [2.75, 3.05) is 0 Å². The largest absolute Gasteiger partial charge is 0.431 e. The van der Waals surface area contributed by atoms with Crippen LogP contribution in [0.5, 0.6) is 0 Å². The number of oxazole rings is 1. The van der Waals surface area contributed by atoms with Crippen LogP contribution in [0.3, 0.4) is 0 Å². The molecule has 3 aromatic rings. The minimum absolute atomic E-state index is 0.178. The van der Waals surface area contributed by atoms with Crippen LogP contribution >= 0.6 is 0 Å². The quantitative estimate of drug-likeness (QED) is 0.684. The normalized spacial score (nSPS) is 13.0. The summed E-state index contributed by atoms with van der Waals surface area (Å²) in [4.78, 5) is 45.3. The van der Waals surface area contributed by atoms with Crippen molar-refractivity contribution in [1.82, 2.24) is 10.0 Å². The number of aromatic nitrogens is 1. The second kappa shape index (κ2) is 5.72. The van der Waals surface area contributed by atoms with E-state index >= 15 is 0 Å². The Morgan fingerprint density at radius 1 is 0.920 bits per heavy atom. The van der Waals surface area contributed by atoms with Gasteiger partial charge < -0.3 is 9.25 Å². The molecule has 0 spiro atoms. The average Bonchev–Trinajstić information content (AvgIpc) is 3.23. The number of nitrogens with zero attached hydrogens (tertiary/aromatic N) is 2. The summed E-state index contributed by atoms with van der Waals surface area (Å²) in [5.74, 6) is -2.42. The molecule has 0 N–H and O–H groups in total. The zero-order valence-corrected chi connectivity index (χ0v) is 12.7. The molecule has 0 unspecified atom stereocenters. The van der Waals surface area contributed by atoms with Crippen molar-refractivity contribution in [3.8, 4) is 11.3 Å². The monoisotopic (exact) mass is 334 g/mol. The number of carbonyl (C=O) groups excluding carboxylic acids is 3. The summed E-state index contributed by atoms with van der Waals surface area (Å²) in [6, 6.07) is 15.3. The molecule has 2 aromatic carbocycles. The summed E-state index contributed by atoms with van der Waals surface area (Å²) in [5, 5.41) is 0.416. The number of carbonyl (C=O) groups is 3. The first-order valence-corrected chi connectivity index (χ1v) is 7.36. The van der Waals surface area contributed by atoms with Crippen molar-refractivity contribution in [2.24, 2.45) is 0 Å². The zero-order chi connectivity index (χ0) is 17.4. The lowest BCUT2D eigenvalue weighted by Crippen LogP contribution is -2.32. The number of imide groups is 1. The Kier molecular flexibility index (Phi) is 3.39. The molecule has 1 aliphatic heterocycles. The van der Waals surface area contributed by atoms with Gasteiger partial charge in [-0.3, -0.25) is 9.59 Å². The molecule has 2 heterocycles. The highest BCUT2D eigenvalue weighted by Crippen LogP contribution is 2.24. The van der Waals surface area contributed by atoms with Crippen LogP contribution in [0, 0.1) is 0 Å². The van der Waals surface area contributed by atoms with E-state index in [2.05, 4.69) is 4.98 Å². The van der Waals surface area contributed by atoms with Crippen molar-refractivity contribution in [3.63, 3.8) is 0 Å². The predicted octanol–water partition coefficient (Wildman–Crippen LogP) is 2.71. The molecular weight excluding hydrogens is 324 g/mol. The lowest BCUT2D eigenvalue weighted by Gasteiger charge is -2.10. The average molecular weight is 334 g/mol. The first-order chi connectivity index (χ1) is 12.1. The van der Waals surface area contributed by atoms with E-state index in [9.17, 15) is 14.4 Å². The van der Waals surface area contributed by atoms with Gasteiger partial charge in [-0.1, -0.05) is 47.5 Å². The Balaban J connectivity index is 1.55. The van der Waals surface area contributed by atoms with Gasteiger partial charge in [0.1, 0.15) is 0 Å². The van der Waals surface area contributed by atoms with Crippen molar-refractivity contribution in [1.29, 1.82) is 0 Å². The van der Waals surface area contributed by atoms with Gasteiger partial charge in [-0.25, -0.2) is 9.78 Å². The SMILES string of the molecule is O=C(ON1C(=O)c2ccccc2C1=O)c1ncc(-c2ccccc2)o1. The molecule has 122 valence electrons. The molecule has 0 radical (unpaired) electrons. The molecule has 7 heteroatoms.